The summed E-state index contributed by atoms with van der Waals surface area (Å²) in [5.74, 6) is 0.891. The fraction of sp³-hybridized carbons (Fsp3) is 0.0545. The van der Waals surface area contributed by atoms with Crippen LogP contribution in [0.15, 0.2) is 219 Å². The van der Waals surface area contributed by atoms with Gasteiger partial charge in [-0.15, -0.1) is 0 Å². The van der Waals surface area contributed by atoms with E-state index in [1.54, 1.807) is 0 Å². The van der Waals surface area contributed by atoms with Crippen molar-refractivity contribution in [2.45, 2.75) is 19.3 Å². The van der Waals surface area contributed by atoms with Crippen LogP contribution >= 0.6 is 0 Å². The second-order valence-corrected chi connectivity index (χ2v) is 20.0. The molecule has 0 radical (unpaired) electrons. The van der Waals surface area contributed by atoms with Gasteiger partial charge in [0.15, 0.2) is 8.07 Å². The Balaban J connectivity index is 1.22. The van der Waals surface area contributed by atoms with Crippen molar-refractivity contribution in [2.75, 3.05) is 4.90 Å². The average molecular weight is 787 g/mol. The van der Waals surface area contributed by atoms with Gasteiger partial charge < -0.3 is 4.57 Å². The highest BCUT2D eigenvalue weighted by atomic mass is 28.3. The summed E-state index contributed by atoms with van der Waals surface area (Å²) in [5, 5.41) is 7.70. The minimum absolute atomic E-state index is 0.344. The standard InChI is InChI=1S/C55H42N4Si/c1-55(2)47-32-31-44(60(41-22-8-4-9-23-41,42-24-10-5-11-25-42)43-26-18-19-39(35-43)49-28-14-16-33-56-49)36-52(47)59(54-30-15-17-34-57-54)53-37-46-45-27-12-13-29-50(45)58(51(46)38-48(53)55)40-20-6-3-7-21-40/h3-38H,1-2H3. The Kier molecular flexibility index (Phi) is 8.46. The van der Waals surface area contributed by atoms with Crippen molar-refractivity contribution >= 4 is 67.8 Å². The molecule has 7 aromatic carbocycles. The van der Waals surface area contributed by atoms with E-state index in [2.05, 4.69) is 217 Å². The van der Waals surface area contributed by atoms with Crippen molar-refractivity contribution in [1.82, 2.24) is 14.5 Å². The Hall–Kier alpha value is -7.34. The summed E-state index contributed by atoms with van der Waals surface area (Å²) < 4.78 is 2.42. The van der Waals surface area contributed by atoms with Gasteiger partial charge in [-0.25, -0.2) is 4.98 Å². The quantitative estimate of drug-likeness (QED) is 0.119. The minimum atomic E-state index is -2.98. The molecule has 5 heteroatoms. The highest BCUT2D eigenvalue weighted by Crippen LogP contribution is 2.53. The van der Waals surface area contributed by atoms with Gasteiger partial charge in [-0.3, -0.25) is 9.88 Å². The van der Waals surface area contributed by atoms with E-state index in [4.69, 9.17) is 9.97 Å². The second-order valence-electron chi connectivity index (χ2n) is 16.2. The SMILES string of the molecule is CC1(C)c2ccc([Si](c3ccccc3)(c3ccccc3)c3cccc(-c4ccccn4)c3)cc2N(c2ccccn2)c2cc3c4ccccc4n(-c4ccccc4)c3cc21. The number of nitrogens with zero attached hydrogens (tertiary/aromatic N) is 4. The zero-order valence-corrected chi connectivity index (χ0v) is 34.6. The Bertz CT molecular complexity index is 3120. The second kappa shape index (κ2) is 14.2. The van der Waals surface area contributed by atoms with E-state index in [0.29, 0.717) is 0 Å². The lowest BCUT2D eigenvalue weighted by molar-refractivity contribution is 0.632. The molecule has 0 fully saturated rings. The summed E-state index contributed by atoms with van der Waals surface area (Å²) in [5.41, 5.74) is 10.1. The number of hydrogen-bond acceptors (Lipinski definition) is 3. The number of fused-ring (bicyclic) bond motifs is 5. The van der Waals surface area contributed by atoms with Crippen molar-refractivity contribution in [3.63, 3.8) is 0 Å². The van der Waals surface area contributed by atoms with Crippen molar-refractivity contribution in [1.29, 1.82) is 0 Å². The maximum absolute atomic E-state index is 5.08. The molecular weight excluding hydrogens is 745 g/mol. The topological polar surface area (TPSA) is 34.0 Å². The van der Waals surface area contributed by atoms with E-state index in [9.17, 15) is 0 Å². The van der Waals surface area contributed by atoms with E-state index in [1.807, 2.05) is 24.5 Å². The Labute approximate surface area is 351 Å². The largest absolute Gasteiger partial charge is 0.309 e. The predicted octanol–water partition coefficient (Wildman–Crippen LogP) is 10.7. The van der Waals surface area contributed by atoms with Gasteiger partial charge in [0.2, 0.25) is 0 Å². The normalized spacial score (nSPS) is 13.3. The first-order valence-electron chi connectivity index (χ1n) is 20.7. The first kappa shape index (κ1) is 35.8. The van der Waals surface area contributed by atoms with Crippen LogP contribution in [-0.4, -0.2) is 22.6 Å². The Morgan fingerprint density at radius 2 is 1.05 bits per heavy atom. The van der Waals surface area contributed by atoms with Crippen LogP contribution in [0.5, 0.6) is 0 Å². The summed E-state index contributed by atoms with van der Waals surface area (Å²) >= 11 is 0. The maximum Gasteiger partial charge on any atom is 0.179 e. The summed E-state index contributed by atoms with van der Waals surface area (Å²) in [6.07, 6.45) is 3.79. The molecule has 10 aromatic rings. The minimum Gasteiger partial charge on any atom is -0.309 e. The monoisotopic (exact) mass is 786 g/mol. The van der Waals surface area contributed by atoms with E-state index in [1.165, 1.54) is 53.7 Å². The first-order valence-corrected chi connectivity index (χ1v) is 22.7. The number of anilines is 3. The molecule has 0 spiro atoms. The zero-order chi connectivity index (χ0) is 40.3. The third-order valence-electron chi connectivity index (χ3n) is 12.6. The van der Waals surface area contributed by atoms with Gasteiger partial charge in [-0.1, -0.05) is 159 Å². The molecule has 0 saturated carbocycles. The van der Waals surface area contributed by atoms with Gasteiger partial charge in [0.05, 0.1) is 28.1 Å². The molecule has 0 saturated heterocycles. The molecule has 0 atom stereocenters. The molecule has 0 unspecified atom stereocenters. The van der Waals surface area contributed by atoms with Gasteiger partial charge in [-0.05, 0) is 92.5 Å². The lowest BCUT2D eigenvalue weighted by atomic mass is 9.73. The molecule has 1 aliphatic heterocycles. The van der Waals surface area contributed by atoms with Gasteiger partial charge >= 0.3 is 0 Å². The van der Waals surface area contributed by atoms with Crippen LogP contribution in [0.1, 0.15) is 25.0 Å². The van der Waals surface area contributed by atoms with Crippen LogP contribution < -0.4 is 25.6 Å². The molecule has 4 heterocycles. The number of rotatable bonds is 7. The number of aromatic nitrogens is 3. The van der Waals surface area contributed by atoms with Crippen molar-refractivity contribution in [3.8, 4) is 16.9 Å². The summed E-state index contributed by atoms with van der Waals surface area (Å²) in [4.78, 5) is 12.3. The molecule has 286 valence electrons. The zero-order valence-electron chi connectivity index (χ0n) is 33.6. The number of pyridine rings is 2. The molecule has 0 N–H and O–H groups in total. The number of para-hydroxylation sites is 2. The maximum atomic E-state index is 5.08. The summed E-state index contributed by atoms with van der Waals surface area (Å²) in [7, 11) is -2.98. The van der Waals surface area contributed by atoms with Crippen LogP contribution in [0.2, 0.25) is 0 Å². The van der Waals surface area contributed by atoms with E-state index >= 15 is 0 Å². The number of benzene rings is 7. The molecule has 0 amide bonds. The molecule has 11 rings (SSSR count). The molecule has 60 heavy (non-hydrogen) atoms. The highest BCUT2D eigenvalue weighted by Gasteiger charge is 2.44. The lowest BCUT2D eigenvalue weighted by Gasteiger charge is -2.43. The van der Waals surface area contributed by atoms with Gasteiger partial charge in [0.1, 0.15) is 5.82 Å². The van der Waals surface area contributed by atoms with Crippen LogP contribution in [0, 0.1) is 0 Å². The third-order valence-corrected chi connectivity index (χ3v) is 17.4. The smallest absolute Gasteiger partial charge is 0.179 e. The van der Waals surface area contributed by atoms with Crippen LogP contribution in [0.4, 0.5) is 17.2 Å². The van der Waals surface area contributed by atoms with E-state index < -0.39 is 8.07 Å². The molecule has 1 aliphatic rings. The summed E-state index contributed by atoms with van der Waals surface area (Å²) in [6, 6.07) is 75.6. The molecule has 0 bridgehead atoms. The molecule has 3 aromatic heterocycles. The van der Waals surface area contributed by atoms with Gasteiger partial charge in [0, 0.05) is 39.8 Å². The van der Waals surface area contributed by atoms with E-state index in [0.717, 1.165) is 34.1 Å². The van der Waals surface area contributed by atoms with E-state index in [-0.39, 0.29) is 5.41 Å². The Morgan fingerprint density at radius 1 is 0.433 bits per heavy atom. The van der Waals surface area contributed by atoms with Gasteiger partial charge in [-0.2, -0.15) is 0 Å². The fourth-order valence-electron chi connectivity index (χ4n) is 9.85. The molecule has 0 aliphatic carbocycles. The third kappa shape index (κ3) is 5.50. The van der Waals surface area contributed by atoms with Crippen molar-refractivity contribution in [2.24, 2.45) is 0 Å². The number of hydrogen-bond donors (Lipinski definition) is 0. The van der Waals surface area contributed by atoms with Crippen molar-refractivity contribution < 1.29 is 0 Å². The molecular formula is C55H42N4Si. The fourth-order valence-corrected chi connectivity index (χ4v) is 14.6. The molecule has 4 nitrogen and oxygen atoms in total. The summed E-state index contributed by atoms with van der Waals surface area (Å²) in [6.45, 7) is 4.77. The first-order chi connectivity index (χ1) is 29.5. The highest BCUT2D eigenvalue weighted by molar-refractivity contribution is 7.20. The van der Waals surface area contributed by atoms with Gasteiger partial charge in [0.25, 0.3) is 0 Å². The average Bonchev–Trinajstić information content (AvgIpc) is 3.64. The lowest BCUT2D eigenvalue weighted by Crippen LogP contribution is -2.74. The Morgan fingerprint density at radius 3 is 1.75 bits per heavy atom. The predicted molar refractivity (Wildman–Crippen MR) is 252 cm³/mol. The van der Waals surface area contributed by atoms with Crippen LogP contribution in [0.25, 0.3) is 38.8 Å². The van der Waals surface area contributed by atoms with Crippen LogP contribution in [0.3, 0.4) is 0 Å². The van der Waals surface area contributed by atoms with Crippen molar-refractivity contribution in [3.05, 3.63) is 230 Å². The van der Waals surface area contributed by atoms with Crippen LogP contribution in [-0.2, 0) is 5.41 Å².